The van der Waals surface area contributed by atoms with Gasteiger partial charge in [0, 0.05) is 0 Å². The van der Waals surface area contributed by atoms with E-state index in [9.17, 15) is 4.79 Å². The van der Waals surface area contributed by atoms with Crippen molar-refractivity contribution >= 4 is 11.9 Å². The largest absolute Gasteiger partial charge is 0.463 e. The second-order valence-electron chi connectivity index (χ2n) is 2.51. The lowest BCUT2D eigenvalue weighted by Crippen LogP contribution is -1.93. The molecule has 0 atom stereocenters. The van der Waals surface area contributed by atoms with Crippen LogP contribution < -0.4 is 4.74 Å². The van der Waals surface area contributed by atoms with Crippen molar-refractivity contribution in [1.82, 2.24) is 9.55 Å². The molecule has 0 aromatic carbocycles. The first-order valence-electron chi connectivity index (χ1n) is 3.60. The van der Waals surface area contributed by atoms with Gasteiger partial charge < -0.3 is 4.74 Å². The van der Waals surface area contributed by atoms with Crippen LogP contribution in [0.15, 0.2) is 4.99 Å². The fourth-order valence-corrected chi connectivity index (χ4v) is 1.26. The number of isocyanates is 1. The number of rotatable bonds is 1. The summed E-state index contributed by atoms with van der Waals surface area (Å²) in [6.45, 7) is 3.09. The summed E-state index contributed by atoms with van der Waals surface area (Å²) in [6.07, 6.45) is 1.50. The monoisotopic (exact) mass is 165 g/mol. The number of aliphatic imine (C=N–C) groups is 1. The van der Waals surface area contributed by atoms with Gasteiger partial charge >= 0.3 is 0 Å². The van der Waals surface area contributed by atoms with Gasteiger partial charge in [-0.25, -0.2) is 4.79 Å². The quantitative estimate of drug-likeness (QED) is 0.451. The molecule has 0 aliphatic carbocycles. The van der Waals surface area contributed by atoms with E-state index in [4.69, 9.17) is 4.74 Å². The molecule has 5 heteroatoms. The summed E-state index contributed by atoms with van der Waals surface area (Å²) in [5.74, 6) is 0.553. The predicted octanol–water partition coefficient (Wildman–Crippen LogP) is 0.551. The Hall–Kier alpha value is -1.61. The molecule has 0 radical (unpaired) electrons. The van der Waals surface area contributed by atoms with Gasteiger partial charge in [0.15, 0.2) is 5.82 Å². The molecule has 1 aliphatic heterocycles. The molecule has 1 aromatic rings. The maximum atomic E-state index is 10.1. The number of hydrogen-bond donors (Lipinski definition) is 0. The molecule has 62 valence electrons. The minimum absolute atomic E-state index is 0.543. The van der Waals surface area contributed by atoms with Gasteiger partial charge in [0.25, 0.3) is 6.01 Å². The van der Waals surface area contributed by atoms with E-state index >= 15 is 0 Å². The van der Waals surface area contributed by atoms with Crippen molar-refractivity contribution in [1.29, 1.82) is 0 Å². The highest BCUT2D eigenvalue weighted by atomic mass is 16.5. The molecule has 2 rings (SSSR count). The fraction of sp³-hybridized carbons (Fsp3) is 0.429. The molecule has 2 heterocycles. The molecule has 0 unspecified atom stereocenters. The van der Waals surface area contributed by atoms with Crippen LogP contribution in [0.1, 0.15) is 5.69 Å². The van der Waals surface area contributed by atoms with Crippen LogP contribution in [0, 0.1) is 6.92 Å². The number of aryl methyl sites for hydroxylation is 1. The molecule has 1 aromatic heterocycles. The van der Waals surface area contributed by atoms with Crippen LogP contribution in [0.25, 0.3) is 0 Å². The number of carbonyl (C=O) groups excluding carboxylic acids is 1. The molecule has 1 aliphatic rings. The Kier molecular flexibility index (Phi) is 1.45. The number of fused-ring (bicyclic) bond motifs is 1. The van der Waals surface area contributed by atoms with Crippen molar-refractivity contribution in [3.8, 4) is 6.01 Å². The Morgan fingerprint density at radius 2 is 2.58 bits per heavy atom. The van der Waals surface area contributed by atoms with Gasteiger partial charge in [-0.15, -0.1) is 4.99 Å². The first kappa shape index (κ1) is 7.06. The fourth-order valence-electron chi connectivity index (χ4n) is 1.26. The summed E-state index contributed by atoms with van der Waals surface area (Å²) >= 11 is 0. The van der Waals surface area contributed by atoms with Gasteiger partial charge in [-0.2, -0.15) is 4.98 Å². The van der Waals surface area contributed by atoms with Crippen LogP contribution in [-0.4, -0.2) is 22.2 Å². The third-order valence-corrected chi connectivity index (χ3v) is 1.77. The third kappa shape index (κ3) is 0.838. The molecule has 0 N–H and O–H groups in total. The van der Waals surface area contributed by atoms with E-state index in [0.29, 0.717) is 30.7 Å². The molecular weight excluding hydrogens is 158 g/mol. The van der Waals surface area contributed by atoms with Crippen LogP contribution in [0.3, 0.4) is 0 Å². The highest BCUT2D eigenvalue weighted by Gasteiger charge is 2.19. The molecule has 0 spiro atoms. The Labute approximate surface area is 68.7 Å². The lowest BCUT2D eigenvalue weighted by Gasteiger charge is -1.92. The normalized spacial score (nSPS) is 13.4. The number of hydrogen-bond acceptors (Lipinski definition) is 4. The molecule has 12 heavy (non-hydrogen) atoms. The first-order valence-corrected chi connectivity index (χ1v) is 3.60. The second-order valence-corrected chi connectivity index (χ2v) is 2.51. The summed E-state index contributed by atoms with van der Waals surface area (Å²) in [6, 6.07) is 0.543. The van der Waals surface area contributed by atoms with Crippen LogP contribution >= 0.6 is 0 Å². The van der Waals surface area contributed by atoms with E-state index in [0.717, 1.165) is 0 Å². The van der Waals surface area contributed by atoms with Gasteiger partial charge in [0.2, 0.25) is 6.08 Å². The summed E-state index contributed by atoms with van der Waals surface area (Å²) < 4.78 is 6.93. The van der Waals surface area contributed by atoms with Crippen molar-refractivity contribution in [3.63, 3.8) is 0 Å². The summed E-state index contributed by atoms with van der Waals surface area (Å²) in [5, 5.41) is 0. The highest BCUT2D eigenvalue weighted by Crippen LogP contribution is 2.27. The van der Waals surface area contributed by atoms with Gasteiger partial charge in [-0.3, -0.25) is 4.57 Å². The van der Waals surface area contributed by atoms with Crippen LogP contribution in [0.4, 0.5) is 5.82 Å². The molecule has 0 saturated heterocycles. The zero-order valence-corrected chi connectivity index (χ0v) is 6.57. The summed E-state index contributed by atoms with van der Waals surface area (Å²) in [4.78, 5) is 17.7. The molecule has 5 nitrogen and oxygen atoms in total. The van der Waals surface area contributed by atoms with Crippen molar-refractivity contribution in [2.24, 2.45) is 4.99 Å². The SMILES string of the molecule is Cc1nc2n(c1N=C=O)CCO2. The van der Waals surface area contributed by atoms with Gasteiger partial charge in [0.05, 0.1) is 12.2 Å². The number of nitrogens with zero attached hydrogens (tertiary/aromatic N) is 3. The zero-order valence-electron chi connectivity index (χ0n) is 6.57. The standard InChI is InChI=1S/C7H7N3O2/c1-5-6(8-4-11)10-2-3-12-7(10)9-5/h2-3H2,1H3. The Morgan fingerprint density at radius 1 is 1.75 bits per heavy atom. The summed E-state index contributed by atoms with van der Waals surface area (Å²) in [7, 11) is 0. The minimum Gasteiger partial charge on any atom is -0.463 e. The Morgan fingerprint density at radius 3 is 3.33 bits per heavy atom. The molecule has 0 fully saturated rings. The van der Waals surface area contributed by atoms with Crippen LogP contribution in [0.5, 0.6) is 6.01 Å². The summed E-state index contributed by atoms with van der Waals surface area (Å²) in [5.41, 5.74) is 0.702. The minimum atomic E-state index is 0.543. The average molecular weight is 165 g/mol. The van der Waals surface area contributed by atoms with E-state index < -0.39 is 0 Å². The van der Waals surface area contributed by atoms with Gasteiger partial charge in [0.1, 0.15) is 6.61 Å². The van der Waals surface area contributed by atoms with Crippen molar-refractivity contribution in [3.05, 3.63) is 5.69 Å². The van der Waals surface area contributed by atoms with Crippen LogP contribution in [-0.2, 0) is 11.3 Å². The molecule has 0 bridgehead atoms. The Balaban J connectivity index is 2.58. The molecular formula is C7H7N3O2. The van der Waals surface area contributed by atoms with Crippen molar-refractivity contribution in [2.45, 2.75) is 13.5 Å². The molecule has 0 amide bonds. The van der Waals surface area contributed by atoms with E-state index in [1.165, 1.54) is 6.08 Å². The average Bonchev–Trinajstić information content (AvgIpc) is 2.56. The lowest BCUT2D eigenvalue weighted by atomic mass is 10.5. The number of ether oxygens (including phenoxy) is 1. The van der Waals surface area contributed by atoms with Crippen LogP contribution in [0.2, 0.25) is 0 Å². The van der Waals surface area contributed by atoms with Crippen molar-refractivity contribution < 1.29 is 9.53 Å². The highest BCUT2D eigenvalue weighted by molar-refractivity contribution is 5.49. The van der Waals surface area contributed by atoms with E-state index in [1.54, 1.807) is 11.5 Å². The van der Waals surface area contributed by atoms with E-state index in [1.807, 2.05) is 0 Å². The molecule has 0 saturated carbocycles. The topological polar surface area (TPSA) is 56.5 Å². The predicted molar refractivity (Wildman–Crippen MR) is 40.2 cm³/mol. The third-order valence-electron chi connectivity index (χ3n) is 1.77. The van der Waals surface area contributed by atoms with Crippen molar-refractivity contribution in [2.75, 3.05) is 6.61 Å². The second kappa shape index (κ2) is 2.46. The Bertz CT molecular complexity index is 363. The maximum absolute atomic E-state index is 10.1. The first-order chi connectivity index (χ1) is 5.83. The van der Waals surface area contributed by atoms with Gasteiger partial charge in [-0.1, -0.05) is 0 Å². The number of imidazole rings is 1. The smallest absolute Gasteiger partial charge is 0.298 e. The van der Waals surface area contributed by atoms with E-state index in [-0.39, 0.29) is 0 Å². The zero-order chi connectivity index (χ0) is 8.55. The van der Waals surface area contributed by atoms with E-state index in [2.05, 4.69) is 9.98 Å². The lowest BCUT2D eigenvalue weighted by molar-refractivity contribution is 0.344. The maximum Gasteiger partial charge on any atom is 0.298 e. The number of aromatic nitrogens is 2. The van der Waals surface area contributed by atoms with Gasteiger partial charge in [-0.05, 0) is 6.92 Å².